The lowest BCUT2D eigenvalue weighted by Gasteiger charge is -2.14. The first kappa shape index (κ1) is 21.6. The number of aromatic nitrogens is 2. The van der Waals surface area contributed by atoms with Gasteiger partial charge >= 0.3 is 0 Å². The smallest absolute Gasteiger partial charge is 0.271 e. The van der Waals surface area contributed by atoms with Crippen LogP contribution in [0.15, 0.2) is 18.2 Å². The van der Waals surface area contributed by atoms with E-state index < -0.39 is 11.7 Å². The second-order valence-electron chi connectivity index (χ2n) is 7.55. The summed E-state index contributed by atoms with van der Waals surface area (Å²) in [5.74, 6) is -0.697. The van der Waals surface area contributed by atoms with E-state index >= 15 is 0 Å². The van der Waals surface area contributed by atoms with E-state index in [4.69, 9.17) is 5.73 Å². The Hall–Kier alpha value is -3.07. The molecule has 2 aromatic rings. The summed E-state index contributed by atoms with van der Waals surface area (Å²) in [5.41, 5.74) is 8.13. The number of likely N-dealkylation sites (N-methyl/N-ethyl adjacent to an activating group) is 1. The third kappa shape index (κ3) is 5.29. The Morgan fingerprint density at radius 3 is 2.63 bits per heavy atom. The van der Waals surface area contributed by atoms with Crippen molar-refractivity contribution in [3.05, 3.63) is 46.7 Å². The molecule has 9 heteroatoms. The number of nitrogens with two attached hydrogens (primary N) is 1. The van der Waals surface area contributed by atoms with Gasteiger partial charge in [-0.25, -0.2) is 14.4 Å². The molecular weight excluding hydrogens is 387 g/mol. The third-order valence-corrected chi connectivity index (χ3v) is 5.06. The van der Waals surface area contributed by atoms with Gasteiger partial charge < -0.3 is 21.7 Å². The summed E-state index contributed by atoms with van der Waals surface area (Å²) in [5, 5.41) is 8.66. The second kappa shape index (κ2) is 9.17. The summed E-state index contributed by atoms with van der Waals surface area (Å²) >= 11 is 0. The largest absolute Gasteiger partial charge is 0.364 e. The van der Waals surface area contributed by atoms with Crippen LogP contribution in [0.1, 0.15) is 53.1 Å². The van der Waals surface area contributed by atoms with Gasteiger partial charge in [0.05, 0.1) is 17.4 Å². The molecule has 1 fully saturated rings. The number of benzene rings is 1. The first-order valence-electron chi connectivity index (χ1n) is 9.98. The Balaban J connectivity index is 1.78. The molecular formula is C21H27FN6O2. The highest BCUT2D eigenvalue weighted by Gasteiger charge is 2.29. The molecule has 0 bridgehead atoms. The van der Waals surface area contributed by atoms with Crippen LogP contribution < -0.4 is 21.7 Å². The van der Waals surface area contributed by atoms with Gasteiger partial charge in [-0.15, -0.1) is 0 Å². The molecule has 1 aliphatic rings. The van der Waals surface area contributed by atoms with Gasteiger partial charge in [-0.1, -0.05) is 0 Å². The first-order valence-corrected chi connectivity index (χ1v) is 9.98. The van der Waals surface area contributed by atoms with Crippen LogP contribution in [-0.4, -0.2) is 41.4 Å². The van der Waals surface area contributed by atoms with Crippen LogP contribution in [0, 0.1) is 12.7 Å². The molecule has 0 saturated heterocycles. The van der Waals surface area contributed by atoms with E-state index in [0.29, 0.717) is 35.8 Å². The van der Waals surface area contributed by atoms with E-state index in [-0.39, 0.29) is 23.5 Å². The van der Waals surface area contributed by atoms with E-state index in [1.807, 2.05) is 0 Å². The van der Waals surface area contributed by atoms with E-state index in [2.05, 4.69) is 25.9 Å². The van der Waals surface area contributed by atoms with Gasteiger partial charge in [0.15, 0.2) is 11.5 Å². The van der Waals surface area contributed by atoms with Crippen molar-refractivity contribution in [3.63, 3.8) is 0 Å². The number of hydrogen-bond donors (Lipinski definition) is 4. The molecule has 1 aromatic carbocycles. The summed E-state index contributed by atoms with van der Waals surface area (Å²) in [4.78, 5) is 32.6. The van der Waals surface area contributed by atoms with Crippen molar-refractivity contribution in [1.82, 2.24) is 20.6 Å². The summed E-state index contributed by atoms with van der Waals surface area (Å²) in [7, 11) is 1.71. The Bertz CT molecular complexity index is 961. The van der Waals surface area contributed by atoms with Crippen LogP contribution in [-0.2, 0) is 11.2 Å². The maximum Gasteiger partial charge on any atom is 0.271 e. The lowest BCUT2D eigenvalue weighted by Crippen LogP contribution is -2.41. The molecule has 1 aromatic heterocycles. The molecule has 160 valence electrons. The molecule has 8 nitrogen and oxygen atoms in total. The topological polar surface area (TPSA) is 122 Å². The number of halogens is 1. The van der Waals surface area contributed by atoms with Gasteiger partial charge in [0.2, 0.25) is 5.91 Å². The van der Waals surface area contributed by atoms with Crippen molar-refractivity contribution in [2.24, 2.45) is 5.73 Å². The average molecular weight is 414 g/mol. The molecule has 1 saturated carbocycles. The number of carbonyl (C=O) groups excluding carboxylic acids is 2. The minimum atomic E-state index is -0.701. The lowest BCUT2D eigenvalue weighted by atomic mass is 10.1. The van der Waals surface area contributed by atoms with Crippen molar-refractivity contribution >= 4 is 23.3 Å². The predicted molar refractivity (Wildman–Crippen MR) is 112 cm³/mol. The Morgan fingerprint density at radius 1 is 1.27 bits per heavy atom. The van der Waals surface area contributed by atoms with E-state index in [0.717, 1.165) is 18.5 Å². The molecule has 1 atom stereocenters. The van der Waals surface area contributed by atoms with Crippen molar-refractivity contribution < 1.29 is 14.0 Å². The van der Waals surface area contributed by atoms with Gasteiger partial charge in [0.1, 0.15) is 5.82 Å². The Morgan fingerprint density at radius 2 is 2.00 bits per heavy atom. The fraction of sp³-hybridized carbons (Fsp3) is 0.429. The number of aryl methyl sites for hydroxylation is 1. The van der Waals surface area contributed by atoms with Crippen LogP contribution >= 0.6 is 0 Å². The van der Waals surface area contributed by atoms with Crippen LogP contribution in [0.2, 0.25) is 0 Å². The number of hydrogen-bond acceptors (Lipinski definition) is 6. The summed E-state index contributed by atoms with van der Waals surface area (Å²) in [6, 6.07) is 4.17. The zero-order chi connectivity index (χ0) is 21.8. The summed E-state index contributed by atoms with van der Waals surface area (Å²) in [6.45, 7) is 3.94. The summed E-state index contributed by atoms with van der Waals surface area (Å²) < 4.78 is 14.2. The number of anilines is 2. The quantitative estimate of drug-likeness (QED) is 0.497. The zero-order valence-corrected chi connectivity index (χ0v) is 17.4. The van der Waals surface area contributed by atoms with Crippen LogP contribution in [0.3, 0.4) is 0 Å². The zero-order valence-electron chi connectivity index (χ0n) is 17.4. The monoisotopic (exact) mass is 414 g/mol. The first-order chi connectivity index (χ1) is 14.3. The molecule has 1 unspecified atom stereocenters. The van der Waals surface area contributed by atoms with Gasteiger partial charge in [0, 0.05) is 18.2 Å². The SMILES string of the molecule is CNC(C)C(=O)NCCc1cc(F)cc(Nc2nc(C3CC3)c(C)nc2C(N)=O)c1. The van der Waals surface area contributed by atoms with Crippen LogP contribution in [0.25, 0.3) is 0 Å². The van der Waals surface area contributed by atoms with Gasteiger partial charge in [-0.3, -0.25) is 9.59 Å². The minimum Gasteiger partial charge on any atom is -0.364 e. The van der Waals surface area contributed by atoms with E-state index in [1.54, 1.807) is 27.0 Å². The van der Waals surface area contributed by atoms with Gasteiger partial charge in [-0.05, 0) is 63.9 Å². The second-order valence-corrected chi connectivity index (χ2v) is 7.55. The van der Waals surface area contributed by atoms with Crippen LogP contribution in [0.4, 0.5) is 15.9 Å². The predicted octanol–water partition coefficient (Wildman–Crippen LogP) is 1.91. The molecule has 0 spiro atoms. The van der Waals surface area contributed by atoms with Crippen LogP contribution in [0.5, 0.6) is 0 Å². The van der Waals surface area contributed by atoms with E-state index in [1.165, 1.54) is 12.1 Å². The fourth-order valence-electron chi connectivity index (χ4n) is 3.15. The number of nitrogens with one attached hydrogen (secondary N) is 3. The van der Waals surface area contributed by atoms with Crippen molar-refractivity contribution in [1.29, 1.82) is 0 Å². The molecule has 5 N–H and O–H groups in total. The van der Waals surface area contributed by atoms with E-state index in [9.17, 15) is 14.0 Å². The highest BCUT2D eigenvalue weighted by Crippen LogP contribution is 2.41. The molecule has 1 heterocycles. The number of rotatable bonds is 9. The van der Waals surface area contributed by atoms with Crippen molar-refractivity contribution in [2.45, 2.75) is 45.1 Å². The number of nitrogens with zero attached hydrogens (tertiary/aromatic N) is 2. The minimum absolute atomic E-state index is 0.0241. The molecule has 0 aliphatic heterocycles. The number of amides is 2. The number of carbonyl (C=O) groups is 2. The molecule has 30 heavy (non-hydrogen) atoms. The van der Waals surface area contributed by atoms with Crippen molar-refractivity contribution in [2.75, 3.05) is 18.9 Å². The average Bonchev–Trinajstić information content (AvgIpc) is 3.52. The van der Waals surface area contributed by atoms with Crippen molar-refractivity contribution in [3.8, 4) is 0 Å². The van der Waals surface area contributed by atoms with Gasteiger partial charge in [-0.2, -0.15) is 0 Å². The third-order valence-electron chi connectivity index (χ3n) is 5.06. The highest BCUT2D eigenvalue weighted by atomic mass is 19.1. The molecule has 3 rings (SSSR count). The maximum absolute atomic E-state index is 14.2. The maximum atomic E-state index is 14.2. The lowest BCUT2D eigenvalue weighted by molar-refractivity contribution is -0.122. The Labute approximate surface area is 174 Å². The molecule has 0 radical (unpaired) electrons. The normalized spacial score (nSPS) is 14.3. The molecule has 1 aliphatic carbocycles. The fourth-order valence-corrected chi connectivity index (χ4v) is 3.15. The standard InChI is InChI=1S/C21H27FN6O2/c1-11-17(14-4-5-14)28-20(18(26-11)19(23)29)27-16-9-13(8-15(22)10-16)6-7-25-21(30)12(2)24-3/h8-10,12,14,24H,4-7H2,1-3H3,(H2,23,29)(H,25,30)(H,27,28). The van der Waals surface area contributed by atoms with Gasteiger partial charge in [0.25, 0.3) is 5.91 Å². The number of primary amides is 1. The summed E-state index contributed by atoms with van der Waals surface area (Å²) in [6.07, 6.45) is 2.52. The molecule has 2 amide bonds. The Kier molecular flexibility index (Phi) is 6.61. The highest BCUT2D eigenvalue weighted by molar-refractivity contribution is 5.96.